The first kappa shape index (κ1) is 22.3. The molecule has 1 fully saturated rings. The number of esters is 1. The number of carbonyl (C=O) groups excluding carboxylic acids is 2. The summed E-state index contributed by atoms with van der Waals surface area (Å²) in [5.74, 6) is -0.917. The Bertz CT molecular complexity index is 1010. The Kier molecular flexibility index (Phi) is 6.59. The standard InChI is InChI=1S/C24H25FN2O4/c1-24(2,3)31-22(28)12-18-10-19(27-23(18)29)14-30-20-8-6-15(7-9-20)16-4-5-17(13-26)21(25)11-16/h4-9,11,18-19H,10,12,14H2,1-3H3,(H,27,29)/t18-,19-/m0/s1. The lowest BCUT2D eigenvalue weighted by Gasteiger charge is -2.20. The van der Waals surface area contributed by atoms with E-state index in [1.54, 1.807) is 57.2 Å². The molecule has 1 aliphatic rings. The van der Waals surface area contributed by atoms with Gasteiger partial charge in [0, 0.05) is 0 Å². The van der Waals surface area contributed by atoms with E-state index in [0.717, 1.165) is 5.56 Å². The highest BCUT2D eigenvalue weighted by Crippen LogP contribution is 2.26. The highest BCUT2D eigenvalue weighted by molar-refractivity contribution is 5.85. The van der Waals surface area contributed by atoms with Crippen molar-refractivity contribution < 1.29 is 23.5 Å². The molecule has 0 unspecified atom stereocenters. The molecule has 162 valence electrons. The number of nitriles is 1. The number of ether oxygens (including phenoxy) is 2. The van der Waals surface area contributed by atoms with Gasteiger partial charge >= 0.3 is 5.97 Å². The third-order valence-corrected chi connectivity index (χ3v) is 4.85. The number of halogens is 1. The van der Waals surface area contributed by atoms with Crippen molar-refractivity contribution >= 4 is 11.9 Å². The first-order chi connectivity index (χ1) is 14.6. The summed E-state index contributed by atoms with van der Waals surface area (Å²) in [5.41, 5.74) is 0.885. The third kappa shape index (κ3) is 6.05. The largest absolute Gasteiger partial charge is 0.491 e. The average molecular weight is 424 g/mol. The monoisotopic (exact) mass is 424 g/mol. The Morgan fingerprint density at radius 2 is 1.87 bits per heavy atom. The third-order valence-electron chi connectivity index (χ3n) is 4.85. The van der Waals surface area contributed by atoms with Crippen LogP contribution in [0.2, 0.25) is 0 Å². The number of hydrogen-bond donors (Lipinski definition) is 1. The molecule has 2 aromatic carbocycles. The van der Waals surface area contributed by atoms with Crippen LogP contribution in [0.5, 0.6) is 5.75 Å². The predicted molar refractivity (Wildman–Crippen MR) is 113 cm³/mol. The van der Waals surface area contributed by atoms with E-state index in [4.69, 9.17) is 14.7 Å². The zero-order chi connectivity index (χ0) is 22.6. The van der Waals surface area contributed by atoms with Gasteiger partial charge in [-0.2, -0.15) is 5.26 Å². The molecular formula is C24H25FN2O4. The average Bonchev–Trinajstić information content (AvgIpc) is 3.04. The summed E-state index contributed by atoms with van der Waals surface area (Å²) in [7, 11) is 0. The van der Waals surface area contributed by atoms with Crippen molar-refractivity contribution in [2.24, 2.45) is 5.92 Å². The Morgan fingerprint density at radius 3 is 2.48 bits per heavy atom. The summed E-state index contributed by atoms with van der Waals surface area (Å²) >= 11 is 0. The van der Waals surface area contributed by atoms with Crippen LogP contribution in [0.25, 0.3) is 11.1 Å². The van der Waals surface area contributed by atoms with Crippen LogP contribution >= 0.6 is 0 Å². The maximum absolute atomic E-state index is 13.8. The normalized spacial score (nSPS) is 18.2. The van der Waals surface area contributed by atoms with Gasteiger partial charge in [-0.25, -0.2) is 4.39 Å². The molecular weight excluding hydrogens is 399 g/mol. The molecule has 0 aromatic heterocycles. The van der Waals surface area contributed by atoms with Crippen LogP contribution < -0.4 is 10.1 Å². The zero-order valence-corrected chi connectivity index (χ0v) is 17.8. The highest BCUT2D eigenvalue weighted by Gasteiger charge is 2.35. The SMILES string of the molecule is CC(C)(C)OC(=O)C[C@@H]1C[C@@H](COc2ccc(-c3ccc(C#N)c(F)c3)cc2)NC1=O. The summed E-state index contributed by atoms with van der Waals surface area (Å²) < 4.78 is 24.9. The van der Waals surface area contributed by atoms with Gasteiger partial charge in [0.05, 0.1) is 23.9 Å². The van der Waals surface area contributed by atoms with Gasteiger partial charge in [0.25, 0.3) is 0 Å². The van der Waals surface area contributed by atoms with E-state index in [9.17, 15) is 14.0 Å². The van der Waals surface area contributed by atoms with Gasteiger partial charge in [0.1, 0.15) is 29.8 Å². The van der Waals surface area contributed by atoms with E-state index < -0.39 is 17.3 Å². The Labute approximate surface area is 181 Å². The predicted octanol–water partition coefficient (Wildman–Crippen LogP) is 3.98. The topological polar surface area (TPSA) is 88.4 Å². The van der Waals surface area contributed by atoms with Crippen molar-refractivity contribution in [3.05, 3.63) is 53.8 Å². The minimum atomic E-state index is -0.579. The van der Waals surface area contributed by atoms with Gasteiger partial charge in [-0.3, -0.25) is 9.59 Å². The molecule has 1 saturated heterocycles. The smallest absolute Gasteiger partial charge is 0.307 e. The van der Waals surface area contributed by atoms with Gasteiger partial charge in [-0.1, -0.05) is 18.2 Å². The molecule has 2 aromatic rings. The van der Waals surface area contributed by atoms with E-state index in [0.29, 0.717) is 17.7 Å². The molecule has 31 heavy (non-hydrogen) atoms. The molecule has 1 heterocycles. The molecule has 0 aliphatic carbocycles. The Hall–Kier alpha value is -3.40. The van der Waals surface area contributed by atoms with Crippen molar-refractivity contribution in [1.29, 1.82) is 5.26 Å². The molecule has 0 bridgehead atoms. The van der Waals surface area contributed by atoms with Crippen LogP contribution in [0.15, 0.2) is 42.5 Å². The summed E-state index contributed by atoms with van der Waals surface area (Å²) in [6, 6.07) is 13.2. The van der Waals surface area contributed by atoms with Gasteiger partial charge in [-0.15, -0.1) is 0 Å². The van der Waals surface area contributed by atoms with E-state index >= 15 is 0 Å². The highest BCUT2D eigenvalue weighted by atomic mass is 19.1. The first-order valence-corrected chi connectivity index (χ1v) is 10.1. The van der Waals surface area contributed by atoms with Crippen molar-refractivity contribution in [3.8, 4) is 22.9 Å². The summed E-state index contributed by atoms with van der Waals surface area (Å²) in [6.07, 6.45) is 0.552. The van der Waals surface area contributed by atoms with Gasteiger partial charge in [0.15, 0.2) is 0 Å². The molecule has 1 aliphatic heterocycles. The van der Waals surface area contributed by atoms with E-state index in [1.807, 2.05) is 0 Å². The fourth-order valence-electron chi connectivity index (χ4n) is 3.42. The second-order valence-electron chi connectivity index (χ2n) is 8.57. The van der Waals surface area contributed by atoms with Crippen LogP contribution in [0.1, 0.15) is 39.2 Å². The quantitative estimate of drug-likeness (QED) is 0.709. The van der Waals surface area contributed by atoms with Crippen molar-refractivity contribution in [2.75, 3.05) is 6.61 Å². The second-order valence-corrected chi connectivity index (χ2v) is 8.57. The first-order valence-electron chi connectivity index (χ1n) is 10.1. The molecule has 0 saturated carbocycles. The molecule has 7 heteroatoms. The van der Waals surface area contributed by atoms with Crippen LogP contribution in [0.4, 0.5) is 4.39 Å². The number of rotatable bonds is 6. The van der Waals surface area contributed by atoms with Crippen LogP contribution in [0.3, 0.4) is 0 Å². The van der Waals surface area contributed by atoms with Crippen molar-refractivity contribution in [1.82, 2.24) is 5.32 Å². The number of carbonyl (C=O) groups is 2. The number of amides is 1. The van der Waals surface area contributed by atoms with Crippen LogP contribution in [0, 0.1) is 23.1 Å². The minimum Gasteiger partial charge on any atom is -0.491 e. The lowest BCUT2D eigenvalue weighted by molar-refractivity contribution is -0.156. The summed E-state index contributed by atoms with van der Waals surface area (Å²) in [4.78, 5) is 24.1. The molecule has 0 radical (unpaired) electrons. The lowest BCUT2D eigenvalue weighted by atomic mass is 10.0. The summed E-state index contributed by atoms with van der Waals surface area (Å²) in [5, 5.41) is 11.7. The van der Waals surface area contributed by atoms with Crippen molar-refractivity contribution in [2.45, 2.75) is 45.3 Å². The Morgan fingerprint density at radius 1 is 1.19 bits per heavy atom. The van der Waals surface area contributed by atoms with Crippen LogP contribution in [-0.2, 0) is 14.3 Å². The van der Waals surface area contributed by atoms with Gasteiger partial charge in [-0.05, 0) is 62.6 Å². The molecule has 1 N–H and O–H groups in total. The number of nitrogens with one attached hydrogen (secondary N) is 1. The molecule has 3 rings (SSSR count). The number of benzene rings is 2. The number of hydrogen-bond acceptors (Lipinski definition) is 5. The fraction of sp³-hybridized carbons (Fsp3) is 0.375. The maximum Gasteiger partial charge on any atom is 0.307 e. The lowest BCUT2D eigenvalue weighted by Crippen LogP contribution is -2.31. The summed E-state index contributed by atoms with van der Waals surface area (Å²) in [6.45, 7) is 5.65. The van der Waals surface area contributed by atoms with E-state index in [2.05, 4.69) is 5.32 Å². The second kappa shape index (κ2) is 9.17. The minimum absolute atomic E-state index is 0.00675. The molecule has 1 amide bonds. The zero-order valence-electron chi connectivity index (χ0n) is 17.8. The fourth-order valence-corrected chi connectivity index (χ4v) is 3.42. The molecule has 6 nitrogen and oxygen atoms in total. The van der Waals surface area contributed by atoms with Crippen molar-refractivity contribution in [3.63, 3.8) is 0 Å². The maximum atomic E-state index is 13.8. The number of nitrogens with zero attached hydrogens (tertiary/aromatic N) is 1. The van der Waals surface area contributed by atoms with Crippen LogP contribution in [-0.4, -0.2) is 30.1 Å². The van der Waals surface area contributed by atoms with E-state index in [1.165, 1.54) is 12.1 Å². The Balaban J connectivity index is 1.53. The van der Waals surface area contributed by atoms with Gasteiger partial charge in [0.2, 0.25) is 5.91 Å². The van der Waals surface area contributed by atoms with Gasteiger partial charge < -0.3 is 14.8 Å². The van der Waals surface area contributed by atoms with E-state index in [-0.39, 0.29) is 36.5 Å². The molecule has 2 atom stereocenters. The molecule has 0 spiro atoms.